The standard InChI is InChI=1S/C13H15N3S/c1-2-3-4-7-14-9-11-10-15-16-13(11)12-6-5-8-17-12/h5-6,8,10,14H,4,7,9H2,1H3,(H,15,16). The summed E-state index contributed by atoms with van der Waals surface area (Å²) in [6.45, 7) is 3.61. The Labute approximate surface area is 105 Å². The van der Waals surface area contributed by atoms with Crippen LogP contribution in [-0.4, -0.2) is 16.7 Å². The summed E-state index contributed by atoms with van der Waals surface area (Å²) in [5.41, 5.74) is 2.32. The molecule has 0 unspecified atom stereocenters. The molecule has 2 heterocycles. The van der Waals surface area contributed by atoms with Crippen molar-refractivity contribution in [2.45, 2.75) is 19.9 Å². The molecule has 0 bridgehead atoms. The molecule has 0 aliphatic rings. The molecule has 0 saturated heterocycles. The predicted molar refractivity (Wildman–Crippen MR) is 71.7 cm³/mol. The molecular weight excluding hydrogens is 230 g/mol. The third-order valence-electron chi connectivity index (χ3n) is 2.40. The predicted octanol–water partition coefficient (Wildman–Crippen LogP) is 2.64. The van der Waals surface area contributed by atoms with E-state index in [1.807, 2.05) is 13.1 Å². The van der Waals surface area contributed by atoms with E-state index in [2.05, 4.69) is 44.9 Å². The number of nitrogens with zero attached hydrogens (tertiary/aromatic N) is 1. The second-order valence-corrected chi connectivity index (χ2v) is 4.55. The van der Waals surface area contributed by atoms with E-state index in [0.717, 1.165) is 25.2 Å². The fourth-order valence-electron chi connectivity index (χ4n) is 1.58. The van der Waals surface area contributed by atoms with Crippen LogP contribution >= 0.6 is 11.3 Å². The van der Waals surface area contributed by atoms with Crippen LogP contribution in [0.25, 0.3) is 10.6 Å². The zero-order valence-electron chi connectivity index (χ0n) is 9.79. The van der Waals surface area contributed by atoms with Crippen LogP contribution < -0.4 is 5.32 Å². The lowest BCUT2D eigenvalue weighted by molar-refractivity contribution is 0.702. The van der Waals surface area contributed by atoms with Gasteiger partial charge in [-0.15, -0.1) is 23.2 Å². The van der Waals surface area contributed by atoms with Crippen LogP contribution in [0.3, 0.4) is 0 Å². The maximum atomic E-state index is 4.11. The van der Waals surface area contributed by atoms with Crippen LogP contribution in [0.4, 0.5) is 0 Å². The molecule has 17 heavy (non-hydrogen) atoms. The smallest absolute Gasteiger partial charge is 0.0794 e. The van der Waals surface area contributed by atoms with Crippen molar-refractivity contribution in [1.29, 1.82) is 0 Å². The zero-order valence-corrected chi connectivity index (χ0v) is 10.6. The molecule has 3 nitrogen and oxygen atoms in total. The van der Waals surface area contributed by atoms with Crippen molar-refractivity contribution >= 4 is 11.3 Å². The molecule has 0 aliphatic carbocycles. The van der Waals surface area contributed by atoms with Gasteiger partial charge in [0.15, 0.2) is 0 Å². The minimum atomic E-state index is 0.828. The molecule has 0 spiro atoms. The number of aromatic nitrogens is 2. The molecule has 2 aromatic heterocycles. The molecule has 0 aromatic carbocycles. The lowest BCUT2D eigenvalue weighted by Crippen LogP contribution is -2.14. The summed E-state index contributed by atoms with van der Waals surface area (Å²) in [6, 6.07) is 4.15. The van der Waals surface area contributed by atoms with Gasteiger partial charge in [-0.05, 0) is 18.4 Å². The SMILES string of the molecule is CC#CCCNCc1cn[nH]c1-c1cccs1. The third-order valence-corrected chi connectivity index (χ3v) is 3.29. The maximum Gasteiger partial charge on any atom is 0.0794 e. The Morgan fingerprint density at radius 2 is 2.47 bits per heavy atom. The molecule has 0 aliphatic heterocycles. The first-order valence-corrected chi connectivity index (χ1v) is 6.46. The Morgan fingerprint density at radius 1 is 1.53 bits per heavy atom. The quantitative estimate of drug-likeness (QED) is 0.628. The van der Waals surface area contributed by atoms with Crippen LogP contribution in [0, 0.1) is 11.8 Å². The van der Waals surface area contributed by atoms with E-state index in [9.17, 15) is 0 Å². The summed E-state index contributed by atoms with van der Waals surface area (Å²) in [5.74, 6) is 5.92. The fourth-order valence-corrected chi connectivity index (χ4v) is 2.33. The van der Waals surface area contributed by atoms with E-state index in [4.69, 9.17) is 0 Å². The lowest BCUT2D eigenvalue weighted by atomic mass is 10.2. The van der Waals surface area contributed by atoms with Gasteiger partial charge in [-0.1, -0.05) is 6.07 Å². The molecule has 88 valence electrons. The van der Waals surface area contributed by atoms with Crippen LogP contribution in [0.5, 0.6) is 0 Å². The largest absolute Gasteiger partial charge is 0.312 e. The molecule has 2 aromatic rings. The molecule has 0 fully saturated rings. The van der Waals surface area contributed by atoms with E-state index in [0.29, 0.717) is 0 Å². The van der Waals surface area contributed by atoms with Gasteiger partial charge in [0.1, 0.15) is 0 Å². The Morgan fingerprint density at radius 3 is 3.24 bits per heavy atom. The molecule has 0 saturated carbocycles. The van der Waals surface area contributed by atoms with E-state index in [1.54, 1.807) is 11.3 Å². The summed E-state index contributed by atoms with van der Waals surface area (Å²) in [4.78, 5) is 1.23. The molecule has 4 heteroatoms. The van der Waals surface area contributed by atoms with Gasteiger partial charge in [0, 0.05) is 25.1 Å². The molecule has 0 atom stereocenters. The third kappa shape index (κ3) is 3.19. The highest BCUT2D eigenvalue weighted by Crippen LogP contribution is 2.25. The Kier molecular flexibility index (Phi) is 4.37. The van der Waals surface area contributed by atoms with Gasteiger partial charge in [0.2, 0.25) is 0 Å². The number of hydrogen-bond donors (Lipinski definition) is 2. The van der Waals surface area contributed by atoms with Crippen LogP contribution in [-0.2, 0) is 6.54 Å². The Balaban J connectivity index is 1.93. The van der Waals surface area contributed by atoms with Gasteiger partial charge in [-0.2, -0.15) is 5.10 Å². The first-order valence-electron chi connectivity index (χ1n) is 5.58. The van der Waals surface area contributed by atoms with E-state index < -0.39 is 0 Å². The first kappa shape index (κ1) is 11.9. The monoisotopic (exact) mass is 245 g/mol. The number of H-pyrrole nitrogens is 1. The summed E-state index contributed by atoms with van der Waals surface area (Å²) >= 11 is 1.72. The normalized spacial score (nSPS) is 9.94. The highest BCUT2D eigenvalue weighted by molar-refractivity contribution is 7.13. The van der Waals surface area contributed by atoms with Crippen molar-refractivity contribution in [3.05, 3.63) is 29.3 Å². The van der Waals surface area contributed by atoms with Crippen molar-refractivity contribution in [1.82, 2.24) is 15.5 Å². The van der Waals surface area contributed by atoms with Crippen LogP contribution in [0.15, 0.2) is 23.7 Å². The summed E-state index contributed by atoms with van der Waals surface area (Å²) in [5, 5.41) is 12.6. The van der Waals surface area contributed by atoms with E-state index >= 15 is 0 Å². The number of hydrogen-bond acceptors (Lipinski definition) is 3. The van der Waals surface area contributed by atoms with Gasteiger partial charge < -0.3 is 5.32 Å². The Hall–Kier alpha value is -1.57. The second-order valence-electron chi connectivity index (χ2n) is 3.60. The molecule has 0 amide bonds. The number of rotatable bonds is 5. The van der Waals surface area contributed by atoms with Gasteiger partial charge in [-0.25, -0.2) is 0 Å². The zero-order chi connectivity index (χ0) is 11.9. The number of thiophene rings is 1. The number of nitrogens with one attached hydrogen (secondary N) is 2. The van der Waals surface area contributed by atoms with Gasteiger partial charge in [0.25, 0.3) is 0 Å². The molecule has 2 rings (SSSR count). The van der Waals surface area contributed by atoms with E-state index in [-0.39, 0.29) is 0 Å². The average molecular weight is 245 g/mol. The summed E-state index contributed by atoms with van der Waals surface area (Å²) in [6.07, 6.45) is 2.77. The lowest BCUT2D eigenvalue weighted by Gasteiger charge is -2.02. The van der Waals surface area contributed by atoms with E-state index in [1.165, 1.54) is 10.4 Å². The molecule has 2 N–H and O–H groups in total. The van der Waals surface area contributed by atoms with Crippen LogP contribution in [0.2, 0.25) is 0 Å². The van der Waals surface area contributed by atoms with Gasteiger partial charge in [-0.3, -0.25) is 5.10 Å². The van der Waals surface area contributed by atoms with Crippen LogP contribution in [0.1, 0.15) is 18.9 Å². The summed E-state index contributed by atoms with van der Waals surface area (Å²) in [7, 11) is 0. The van der Waals surface area contributed by atoms with Crippen molar-refractivity contribution in [3.8, 4) is 22.4 Å². The van der Waals surface area contributed by atoms with Crippen molar-refractivity contribution in [3.63, 3.8) is 0 Å². The maximum absolute atomic E-state index is 4.11. The first-order chi connectivity index (χ1) is 8.42. The average Bonchev–Trinajstić information content (AvgIpc) is 2.98. The minimum absolute atomic E-state index is 0.828. The second kappa shape index (κ2) is 6.24. The highest BCUT2D eigenvalue weighted by atomic mass is 32.1. The van der Waals surface area contributed by atoms with Crippen molar-refractivity contribution < 1.29 is 0 Å². The molecule has 0 radical (unpaired) electrons. The minimum Gasteiger partial charge on any atom is -0.312 e. The van der Waals surface area contributed by atoms with Crippen molar-refractivity contribution in [2.24, 2.45) is 0 Å². The topological polar surface area (TPSA) is 40.7 Å². The fraction of sp³-hybridized carbons (Fsp3) is 0.308. The highest BCUT2D eigenvalue weighted by Gasteiger charge is 2.07. The van der Waals surface area contributed by atoms with Gasteiger partial charge >= 0.3 is 0 Å². The molecular formula is C13H15N3S. The van der Waals surface area contributed by atoms with Gasteiger partial charge in [0.05, 0.1) is 16.8 Å². The number of aromatic amines is 1. The van der Waals surface area contributed by atoms with Crippen molar-refractivity contribution in [2.75, 3.05) is 6.54 Å². The Bertz CT molecular complexity index is 502. The summed E-state index contributed by atoms with van der Waals surface area (Å²) < 4.78 is 0.